The molecule has 0 atom stereocenters. The third-order valence-corrected chi connectivity index (χ3v) is 5.23. The highest BCUT2D eigenvalue weighted by Gasteiger charge is 2.23. The van der Waals surface area contributed by atoms with Crippen molar-refractivity contribution >= 4 is 15.9 Å². The monoisotopic (exact) mass is 402 g/mol. The molecule has 0 unspecified atom stereocenters. The largest absolute Gasteiger partial charge is 0.236 e. The number of aromatic nitrogens is 4. The van der Waals surface area contributed by atoms with Crippen molar-refractivity contribution < 1.29 is 0 Å². The Morgan fingerprint density at radius 2 is 1.69 bits per heavy atom. The number of halogens is 1. The number of hydrogen-bond donors (Lipinski definition) is 0. The van der Waals surface area contributed by atoms with Crippen molar-refractivity contribution in [3.63, 3.8) is 0 Å². The predicted molar refractivity (Wildman–Crippen MR) is 105 cm³/mol. The topological polar surface area (TPSA) is 43.6 Å². The Hall–Kier alpha value is -2.79. The smallest absolute Gasteiger partial charge is 0.159 e. The lowest BCUT2D eigenvalue weighted by Crippen LogP contribution is -2.10. The summed E-state index contributed by atoms with van der Waals surface area (Å²) in [6, 6.07) is 18.3. The molecule has 0 N–H and O–H groups in total. The van der Waals surface area contributed by atoms with Crippen LogP contribution in [0.5, 0.6) is 0 Å². The second kappa shape index (κ2) is 6.18. The molecule has 0 saturated carbocycles. The number of aryl methyl sites for hydroxylation is 2. The van der Waals surface area contributed by atoms with E-state index in [1.54, 1.807) is 0 Å². The summed E-state index contributed by atoms with van der Waals surface area (Å²) in [6.07, 6.45) is 5.77. The fourth-order valence-electron chi connectivity index (χ4n) is 3.42. The Balaban J connectivity index is 1.63. The van der Waals surface area contributed by atoms with Gasteiger partial charge in [0.05, 0.1) is 23.3 Å². The fraction of sp³-hybridized carbons (Fsp3) is 0.0952. The van der Waals surface area contributed by atoms with Crippen molar-refractivity contribution in [3.05, 3.63) is 82.7 Å². The summed E-state index contributed by atoms with van der Waals surface area (Å²) in [7, 11) is 0. The van der Waals surface area contributed by atoms with Crippen LogP contribution in [0.15, 0.2) is 71.5 Å². The maximum atomic E-state index is 4.85. The quantitative estimate of drug-likeness (QED) is 0.480. The van der Waals surface area contributed by atoms with E-state index in [4.69, 9.17) is 4.98 Å². The molecule has 5 heteroatoms. The van der Waals surface area contributed by atoms with Crippen LogP contribution in [-0.4, -0.2) is 19.7 Å². The van der Waals surface area contributed by atoms with Gasteiger partial charge in [-0.3, -0.25) is 0 Å². The third-order valence-electron chi connectivity index (χ3n) is 4.70. The number of benzene rings is 2. The Morgan fingerprint density at radius 3 is 2.50 bits per heavy atom. The summed E-state index contributed by atoms with van der Waals surface area (Å²) in [4.78, 5) is 9.48. The van der Waals surface area contributed by atoms with Gasteiger partial charge < -0.3 is 0 Å². The van der Waals surface area contributed by atoms with Crippen LogP contribution in [0.3, 0.4) is 0 Å². The predicted octanol–water partition coefficient (Wildman–Crippen LogP) is 4.86. The Labute approximate surface area is 159 Å². The van der Waals surface area contributed by atoms with E-state index < -0.39 is 0 Å². The van der Waals surface area contributed by atoms with Crippen LogP contribution >= 0.6 is 15.9 Å². The molecule has 2 aromatic heterocycles. The molecule has 0 radical (unpaired) electrons. The molecular weight excluding hydrogens is 388 g/mol. The van der Waals surface area contributed by atoms with Crippen molar-refractivity contribution in [3.8, 4) is 28.3 Å². The first-order valence-electron chi connectivity index (χ1n) is 8.54. The summed E-state index contributed by atoms with van der Waals surface area (Å²) in [5.41, 5.74) is 6.60. The molecule has 4 aromatic rings. The molecule has 2 aromatic carbocycles. The molecule has 0 spiro atoms. The zero-order valence-electron chi connectivity index (χ0n) is 13.9. The molecule has 0 amide bonds. The van der Waals surface area contributed by atoms with Crippen LogP contribution in [0.2, 0.25) is 0 Å². The average molecular weight is 403 g/mol. The van der Waals surface area contributed by atoms with Gasteiger partial charge in [-0.2, -0.15) is 5.10 Å². The lowest BCUT2D eigenvalue weighted by molar-refractivity contribution is 0.855. The molecule has 0 bridgehead atoms. The SMILES string of the molecule is Brc1ccc(-n2ncc3c2-c2cnc(-c4ccccc4)nc2CC3)cc1. The van der Waals surface area contributed by atoms with Gasteiger partial charge in [0.25, 0.3) is 0 Å². The fourth-order valence-corrected chi connectivity index (χ4v) is 3.68. The maximum Gasteiger partial charge on any atom is 0.159 e. The van der Waals surface area contributed by atoms with Crippen LogP contribution in [0, 0.1) is 0 Å². The zero-order valence-corrected chi connectivity index (χ0v) is 15.5. The normalized spacial score (nSPS) is 12.5. The summed E-state index contributed by atoms with van der Waals surface area (Å²) in [5.74, 6) is 0.780. The Morgan fingerprint density at radius 1 is 0.885 bits per heavy atom. The molecule has 4 nitrogen and oxygen atoms in total. The number of hydrogen-bond acceptors (Lipinski definition) is 3. The second-order valence-corrected chi connectivity index (χ2v) is 7.24. The second-order valence-electron chi connectivity index (χ2n) is 6.33. The Kier molecular flexibility index (Phi) is 3.68. The van der Waals surface area contributed by atoms with Gasteiger partial charge in [0.1, 0.15) is 0 Å². The summed E-state index contributed by atoms with van der Waals surface area (Å²) >= 11 is 3.49. The van der Waals surface area contributed by atoms with Crippen LogP contribution in [0.1, 0.15) is 11.3 Å². The minimum absolute atomic E-state index is 0.780. The highest BCUT2D eigenvalue weighted by atomic mass is 79.9. The molecule has 2 heterocycles. The first-order valence-corrected chi connectivity index (χ1v) is 9.33. The van der Waals surface area contributed by atoms with Crippen molar-refractivity contribution in [1.82, 2.24) is 19.7 Å². The van der Waals surface area contributed by atoms with Gasteiger partial charge >= 0.3 is 0 Å². The standard InChI is InChI=1S/C21H15BrN4/c22-16-7-9-17(10-8-16)26-20-15(12-24-26)6-11-19-18(20)13-23-21(25-19)14-4-2-1-3-5-14/h1-5,7-10,12-13H,6,11H2. The van der Waals surface area contributed by atoms with E-state index in [0.717, 1.165) is 51.3 Å². The van der Waals surface area contributed by atoms with E-state index in [0.29, 0.717) is 0 Å². The first-order chi connectivity index (χ1) is 12.8. The van der Waals surface area contributed by atoms with Gasteiger partial charge in [0, 0.05) is 21.8 Å². The molecule has 0 aliphatic heterocycles. The van der Waals surface area contributed by atoms with Crippen LogP contribution in [-0.2, 0) is 12.8 Å². The minimum atomic E-state index is 0.780. The zero-order chi connectivity index (χ0) is 17.5. The highest BCUT2D eigenvalue weighted by Crippen LogP contribution is 2.34. The summed E-state index contributed by atoms with van der Waals surface area (Å²) < 4.78 is 3.05. The number of nitrogens with zero attached hydrogens (tertiary/aromatic N) is 4. The van der Waals surface area contributed by atoms with Crippen molar-refractivity contribution in [1.29, 1.82) is 0 Å². The lowest BCUT2D eigenvalue weighted by Gasteiger charge is -2.18. The van der Waals surface area contributed by atoms with E-state index in [9.17, 15) is 0 Å². The Bertz CT molecular complexity index is 1080. The molecular formula is C21H15BrN4. The molecule has 126 valence electrons. The van der Waals surface area contributed by atoms with Gasteiger partial charge in [-0.1, -0.05) is 46.3 Å². The number of fused-ring (bicyclic) bond motifs is 3. The van der Waals surface area contributed by atoms with E-state index in [2.05, 4.69) is 38.1 Å². The molecule has 0 fully saturated rings. The average Bonchev–Trinajstić information content (AvgIpc) is 3.13. The van der Waals surface area contributed by atoms with E-state index in [-0.39, 0.29) is 0 Å². The van der Waals surface area contributed by atoms with Gasteiger partial charge in [-0.15, -0.1) is 0 Å². The van der Waals surface area contributed by atoms with Gasteiger partial charge in [-0.05, 0) is 42.7 Å². The van der Waals surface area contributed by atoms with Gasteiger partial charge in [0.15, 0.2) is 5.82 Å². The first kappa shape index (κ1) is 15.5. The van der Waals surface area contributed by atoms with Crippen molar-refractivity contribution in [2.75, 3.05) is 0 Å². The van der Waals surface area contributed by atoms with Crippen LogP contribution < -0.4 is 0 Å². The van der Waals surface area contributed by atoms with Gasteiger partial charge in [0.2, 0.25) is 0 Å². The summed E-state index contributed by atoms with van der Waals surface area (Å²) in [6.45, 7) is 0. The third kappa shape index (κ3) is 2.56. The molecule has 0 saturated heterocycles. The van der Waals surface area contributed by atoms with Crippen LogP contribution in [0.4, 0.5) is 0 Å². The minimum Gasteiger partial charge on any atom is -0.236 e. The van der Waals surface area contributed by atoms with Crippen LogP contribution in [0.25, 0.3) is 28.3 Å². The van der Waals surface area contributed by atoms with E-state index >= 15 is 0 Å². The van der Waals surface area contributed by atoms with Crippen molar-refractivity contribution in [2.24, 2.45) is 0 Å². The van der Waals surface area contributed by atoms with Crippen molar-refractivity contribution in [2.45, 2.75) is 12.8 Å². The number of rotatable bonds is 2. The maximum absolute atomic E-state index is 4.85. The summed E-state index contributed by atoms with van der Waals surface area (Å²) in [5, 5.41) is 4.62. The molecule has 1 aliphatic rings. The molecule has 1 aliphatic carbocycles. The van der Waals surface area contributed by atoms with E-state index in [1.807, 2.05) is 59.5 Å². The van der Waals surface area contributed by atoms with E-state index in [1.165, 1.54) is 5.56 Å². The lowest BCUT2D eigenvalue weighted by atomic mass is 9.95. The molecule has 5 rings (SSSR count). The highest BCUT2D eigenvalue weighted by molar-refractivity contribution is 9.10. The molecule has 26 heavy (non-hydrogen) atoms. The van der Waals surface area contributed by atoms with Gasteiger partial charge in [-0.25, -0.2) is 14.6 Å².